The number of benzene rings is 2. The summed E-state index contributed by atoms with van der Waals surface area (Å²) in [5.41, 5.74) is 3.22. The highest BCUT2D eigenvalue weighted by molar-refractivity contribution is 5.97. The second kappa shape index (κ2) is 10.1. The van der Waals surface area contributed by atoms with Gasteiger partial charge in [-0.1, -0.05) is 30.3 Å². The molecule has 1 N–H and O–H groups in total. The Labute approximate surface area is 164 Å². The Bertz CT molecular complexity index is 862. The maximum Gasteiger partial charge on any atom is 0.325 e. The number of amides is 2. The molecule has 0 spiro atoms. The number of nitrogens with one attached hydrogen (secondary N) is 1. The van der Waals surface area contributed by atoms with Crippen molar-refractivity contribution in [2.24, 2.45) is 0 Å². The lowest BCUT2D eigenvalue weighted by molar-refractivity contribution is -0.146. The van der Waals surface area contributed by atoms with Gasteiger partial charge in [0.15, 0.2) is 6.61 Å². The molecule has 0 saturated heterocycles. The van der Waals surface area contributed by atoms with Gasteiger partial charge in [-0.2, -0.15) is 0 Å². The molecule has 2 aromatic rings. The molecule has 0 heterocycles. The van der Waals surface area contributed by atoms with Gasteiger partial charge in [0.2, 0.25) is 0 Å². The van der Waals surface area contributed by atoms with E-state index in [1.54, 1.807) is 30.3 Å². The number of hydrogen-bond acceptors (Lipinski definition) is 4. The fourth-order valence-electron chi connectivity index (χ4n) is 2.50. The van der Waals surface area contributed by atoms with Crippen LogP contribution in [0.3, 0.4) is 0 Å². The summed E-state index contributed by atoms with van der Waals surface area (Å²) < 4.78 is 5.00. The van der Waals surface area contributed by atoms with E-state index in [2.05, 4.69) is 11.9 Å². The van der Waals surface area contributed by atoms with Gasteiger partial charge in [-0.3, -0.25) is 14.4 Å². The van der Waals surface area contributed by atoms with Crippen LogP contribution in [0.1, 0.15) is 21.5 Å². The van der Waals surface area contributed by atoms with Crippen LogP contribution in [-0.2, 0) is 14.3 Å². The molecule has 0 atom stereocenters. The van der Waals surface area contributed by atoms with Crippen LogP contribution in [0.2, 0.25) is 0 Å². The Morgan fingerprint density at radius 1 is 1.07 bits per heavy atom. The van der Waals surface area contributed by atoms with Crippen molar-refractivity contribution in [3.8, 4) is 0 Å². The third kappa shape index (κ3) is 5.81. The molecule has 0 unspecified atom stereocenters. The first-order valence-electron chi connectivity index (χ1n) is 8.89. The smallest absolute Gasteiger partial charge is 0.325 e. The highest BCUT2D eigenvalue weighted by Crippen LogP contribution is 2.13. The Morgan fingerprint density at radius 3 is 2.43 bits per heavy atom. The lowest BCUT2D eigenvalue weighted by Gasteiger charge is -2.21. The Hall–Kier alpha value is -3.41. The fourth-order valence-corrected chi connectivity index (χ4v) is 2.50. The molecule has 2 rings (SSSR count). The van der Waals surface area contributed by atoms with Gasteiger partial charge in [0.1, 0.15) is 6.54 Å². The van der Waals surface area contributed by atoms with Crippen LogP contribution < -0.4 is 10.2 Å². The number of carbonyl (C=O) groups is 3. The lowest BCUT2D eigenvalue weighted by Crippen LogP contribution is -2.37. The zero-order valence-electron chi connectivity index (χ0n) is 16.1. The van der Waals surface area contributed by atoms with Crippen LogP contribution in [0, 0.1) is 13.8 Å². The van der Waals surface area contributed by atoms with E-state index in [0.29, 0.717) is 17.8 Å². The summed E-state index contributed by atoms with van der Waals surface area (Å²) in [4.78, 5) is 37.9. The van der Waals surface area contributed by atoms with Gasteiger partial charge in [0, 0.05) is 17.8 Å². The van der Waals surface area contributed by atoms with Crippen molar-refractivity contribution in [2.45, 2.75) is 13.8 Å². The van der Waals surface area contributed by atoms with Crippen molar-refractivity contribution < 1.29 is 19.1 Å². The zero-order valence-corrected chi connectivity index (χ0v) is 16.1. The predicted octanol–water partition coefficient (Wildman–Crippen LogP) is 2.80. The maximum absolute atomic E-state index is 12.4. The fraction of sp³-hybridized carbons (Fsp3) is 0.227. The van der Waals surface area contributed by atoms with Gasteiger partial charge in [-0.15, -0.1) is 6.58 Å². The normalized spacial score (nSPS) is 10.1. The summed E-state index contributed by atoms with van der Waals surface area (Å²) in [5, 5.41) is 2.50. The molecule has 28 heavy (non-hydrogen) atoms. The van der Waals surface area contributed by atoms with Crippen molar-refractivity contribution in [3.63, 3.8) is 0 Å². The van der Waals surface area contributed by atoms with Crippen molar-refractivity contribution >= 4 is 23.5 Å². The molecule has 0 radical (unpaired) electrons. The summed E-state index contributed by atoms with van der Waals surface area (Å²) in [7, 11) is 0. The van der Waals surface area contributed by atoms with Crippen molar-refractivity contribution in [3.05, 3.63) is 77.9 Å². The van der Waals surface area contributed by atoms with Crippen LogP contribution in [-0.4, -0.2) is 37.5 Å². The summed E-state index contributed by atoms with van der Waals surface area (Å²) >= 11 is 0. The highest BCUT2D eigenvalue weighted by Gasteiger charge is 2.17. The summed E-state index contributed by atoms with van der Waals surface area (Å²) in [6.07, 6.45) is 1.59. The molecule has 0 fully saturated rings. The standard InChI is InChI=1S/C22H24N2O4/c1-4-12-24(19-8-6-5-7-9-19)20(25)15-28-21(26)14-23-22(27)18-11-10-16(2)17(3)13-18/h4-11,13H,1,12,14-15H2,2-3H3,(H,23,27). The van der Waals surface area contributed by atoms with Crippen molar-refractivity contribution in [2.75, 3.05) is 24.6 Å². The van der Waals surface area contributed by atoms with Crippen LogP contribution in [0.4, 0.5) is 5.69 Å². The summed E-state index contributed by atoms with van der Waals surface area (Å²) in [6, 6.07) is 14.3. The third-order valence-corrected chi connectivity index (χ3v) is 4.20. The highest BCUT2D eigenvalue weighted by atomic mass is 16.5. The molecular formula is C22H24N2O4. The Balaban J connectivity index is 1.85. The van der Waals surface area contributed by atoms with Gasteiger partial charge in [-0.05, 0) is 49.2 Å². The average Bonchev–Trinajstić information content (AvgIpc) is 2.71. The quantitative estimate of drug-likeness (QED) is 0.564. The lowest BCUT2D eigenvalue weighted by atomic mass is 10.1. The molecule has 6 heteroatoms. The van der Waals surface area contributed by atoms with Gasteiger partial charge in [-0.25, -0.2) is 0 Å². The molecule has 0 aliphatic rings. The van der Waals surface area contributed by atoms with Gasteiger partial charge in [0.05, 0.1) is 0 Å². The maximum atomic E-state index is 12.4. The SMILES string of the molecule is C=CCN(C(=O)COC(=O)CNC(=O)c1ccc(C)c(C)c1)c1ccccc1. The second-order valence-corrected chi connectivity index (χ2v) is 6.27. The minimum Gasteiger partial charge on any atom is -0.454 e. The molecule has 0 aliphatic heterocycles. The molecule has 0 aromatic heterocycles. The van der Waals surface area contributed by atoms with Crippen molar-refractivity contribution in [1.29, 1.82) is 0 Å². The first-order valence-corrected chi connectivity index (χ1v) is 8.89. The van der Waals surface area contributed by atoms with E-state index in [1.807, 2.05) is 38.1 Å². The molecule has 6 nitrogen and oxygen atoms in total. The number of nitrogens with zero attached hydrogens (tertiary/aromatic N) is 1. The second-order valence-electron chi connectivity index (χ2n) is 6.27. The van der Waals surface area contributed by atoms with E-state index in [-0.39, 0.29) is 18.4 Å². The number of esters is 1. The monoisotopic (exact) mass is 380 g/mol. The van der Waals surface area contributed by atoms with E-state index in [4.69, 9.17) is 4.74 Å². The minimum absolute atomic E-state index is 0.296. The van der Waals surface area contributed by atoms with Crippen LogP contribution in [0.15, 0.2) is 61.2 Å². The van der Waals surface area contributed by atoms with E-state index in [0.717, 1.165) is 11.1 Å². The van der Waals surface area contributed by atoms with Gasteiger partial charge in [0.25, 0.3) is 11.8 Å². The number of rotatable bonds is 8. The average molecular weight is 380 g/mol. The number of carbonyl (C=O) groups excluding carboxylic acids is 3. The molecule has 2 amide bonds. The largest absolute Gasteiger partial charge is 0.454 e. The molecule has 0 saturated carbocycles. The van der Waals surface area contributed by atoms with Gasteiger partial charge < -0.3 is 15.0 Å². The first-order chi connectivity index (χ1) is 13.4. The molecule has 0 aliphatic carbocycles. The van der Waals surface area contributed by atoms with Crippen molar-refractivity contribution in [1.82, 2.24) is 5.32 Å². The van der Waals surface area contributed by atoms with Crippen LogP contribution in [0.25, 0.3) is 0 Å². The molecule has 146 valence electrons. The number of aryl methyl sites for hydroxylation is 2. The topological polar surface area (TPSA) is 75.7 Å². The van der Waals surface area contributed by atoms with E-state index in [1.165, 1.54) is 4.90 Å². The first kappa shape index (κ1) is 20.9. The summed E-state index contributed by atoms with van der Waals surface area (Å²) in [5.74, 6) is -1.43. The Morgan fingerprint density at radius 2 is 1.79 bits per heavy atom. The number of ether oxygens (including phenoxy) is 1. The minimum atomic E-state index is -0.683. The van der Waals surface area contributed by atoms with Gasteiger partial charge >= 0.3 is 5.97 Å². The van der Waals surface area contributed by atoms with E-state index in [9.17, 15) is 14.4 Å². The Kier molecular flexibility index (Phi) is 7.51. The van der Waals surface area contributed by atoms with E-state index >= 15 is 0 Å². The summed E-state index contributed by atoms with van der Waals surface area (Å²) in [6.45, 7) is 7.08. The van der Waals surface area contributed by atoms with Crippen LogP contribution in [0.5, 0.6) is 0 Å². The molecular weight excluding hydrogens is 356 g/mol. The predicted molar refractivity (Wildman–Crippen MR) is 108 cm³/mol. The van der Waals surface area contributed by atoms with Crippen LogP contribution >= 0.6 is 0 Å². The number of para-hydroxylation sites is 1. The number of hydrogen-bond donors (Lipinski definition) is 1. The van der Waals surface area contributed by atoms with E-state index < -0.39 is 12.6 Å². The molecule has 2 aromatic carbocycles. The zero-order chi connectivity index (χ0) is 20.5. The third-order valence-electron chi connectivity index (χ3n) is 4.20. The molecule has 0 bridgehead atoms. The number of anilines is 1.